The maximum atomic E-state index is 12.7. The number of nitrogens with one attached hydrogen (secondary N) is 1. The third kappa shape index (κ3) is 2.85. The summed E-state index contributed by atoms with van der Waals surface area (Å²) in [5.41, 5.74) is 0.631. The molecule has 3 aromatic rings. The van der Waals surface area contributed by atoms with Gasteiger partial charge in [-0.3, -0.25) is 4.68 Å². The number of benzene rings is 1. The van der Waals surface area contributed by atoms with Crippen LogP contribution in [0.4, 0.5) is 18.3 Å². The van der Waals surface area contributed by atoms with E-state index >= 15 is 0 Å². The number of alkyl halides is 3. The van der Waals surface area contributed by atoms with Gasteiger partial charge in [0.05, 0.1) is 28.0 Å². The Morgan fingerprint density at radius 3 is 2.76 bits per heavy atom. The molecule has 0 spiro atoms. The molecule has 0 saturated heterocycles. The van der Waals surface area contributed by atoms with Gasteiger partial charge < -0.3 is 5.32 Å². The van der Waals surface area contributed by atoms with E-state index in [0.29, 0.717) is 17.2 Å². The largest absolute Gasteiger partial charge is 0.416 e. The predicted molar refractivity (Wildman–Crippen MR) is 75.2 cm³/mol. The molecular weight excluding hydrogens is 301 g/mol. The number of hydrogen-bond donors (Lipinski definition) is 1. The van der Waals surface area contributed by atoms with Gasteiger partial charge in [0, 0.05) is 13.2 Å². The van der Waals surface area contributed by atoms with E-state index in [9.17, 15) is 13.2 Å². The third-order valence-electron chi connectivity index (χ3n) is 3.06. The molecular formula is C13H11F3N4S. The van der Waals surface area contributed by atoms with E-state index in [1.54, 1.807) is 10.9 Å². The molecule has 0 saturated carbocycles. The first-order valence-corrected chi connectivity index (χ1v) is 6.94. The highest BCUT2D eigenvalue weighted by Crippen LogP contribution is 2.34. The Hall–Kier alpha value is -2.09. The zero-order valence-electron chi connectivity index (χ0n) is 11.0. The maximum Gasteiger partial charge on any atom is 0.416 e. The molecule has 2 heterocycles. The van der Waals surface area contributed by atoms with Crippen molar-refractivity contribution in [2.24, 2.45) is 7.05 Å². The summed E-state index contributed by atoms with van der Waals surface area (Å²) in [6.45, 7) is 0.516. The third-order valence-corrected chi connectivity index (χ3v) is 4.05. The average molecular weight is 312 g/mol. The molecule has 21 heavy (non-hydrogen) atoms. The molecule has 0 amide bonds. The minimum absolute atomic E-state index is 0.349. The van der Waals surface area contributed by atoms with Gasteiger partial charge in [0.25, 0.3) is 0 Å². The lowest BCUT2D eigenvalue weighted by Gasteiger charge is -2.04. The summed E-state index contributed by atoms with van der Waals surface area (Å²) in [6.07, 6.45) is -2.66. The fraction of sp³-hybridized carbons (Fsp3) is 0.231. The van der Waals surface area contributed by atoms with Gasteiger partial charge in [-0.2, -0.15) is 18.3 Å². The molecule has 0 radical (unpaired) electrons. The summed E-state index contributed by atoms with van der Waals surface area (Å²) in [5.74, 6) is 0. The van der Waals surface area contributed by atoms with Gasteiger partial charge in [0.1, 0.15) is 0 Å². The van der Waals surface area contributed by atoms with Crippen LogP contribution >= 0.6 is 11.3 Å². The SMILES string of the molecule is Cn1nccc1CNc1nc2cc(C(F)(F)F)ccc2s1. The highest BCUT2D eigenvalue weighted by Gasteiger charge is 2.30. The molecule has 0 fully saturated rings. The smallest absolute Gasteiger partial charge is 0.356 e. The number of fused-ring (bicyclic) bond motifs is 1. The molecule has 0 aliphatic rings. The summed E-state index contributed by atoms with van der Waals surface area (Å²) in [6, 6.07) is 5.46. The minimum Gasteiger partial charge on any atom is -0.356 e. The Bertz CT molecular complexity index is 775. The molecule has 0 aliphatic carbocycles. The Morgan fingerprint density at radius 1 is 1.29 bits per heavy atom. The number of aromatic nitrogens is 3. The minimum atomic E-state index is -4.35. The van der Waals surface area contributed by atoms with Gasteiger partial charge in [-0.05, 0) is 24.3 Å². The van der Waals surface area contributed by atoms with Gasteiger partial charge in [-0.1, -0.05) is 11.3 Å². The van der Waals surface area contributed by atoms with Crippen molar-refractivity contribution in [1.82, 2.24) is 14.8 Å². The number of hydrogen-bond acceptors (Lipinski definition) is 4. The van der Waals surface area contributed by atoms with Crippen molar-refractivity contribution in [2.75, 3.05) is 5.32 Å². The monoisotopic (exact) mass is 312 g/mol. The molecule has 0 bridgehead atoms. The van der Waals surface area contributed by atoms with Crippen LogP contribution in [0.15, 0.2) is 30.5 Å². The first-order chi connectivity index (χ1) is 9.93. The molecule has 4 nitrogen and oxygen atoms in total. The predicted octanol–water partition coefficient (Wildman–Crippen LogP) is 3.66. The lowest BCUT2D eigenvalue weighted by molar-refractivity contribution is -0.137. The molecule has 110 valence electrons. The normalized spacial score (nSPS) is 12.0. The van der Waals surface area contributed by atoms with E-state index in [1.807, 2.05) is 13.1 Å². The van der Waals surface area contributed by atoms with Crippen molar-refractivity contribution in [3.63, 3.8) is 0 Å². The van der Waals surface area contributed by atoms with Crippen molar-refractivity contribution in [3.8, 4) is 0 Å². The highest BCUT2D eigenvalue weighted by atomic mass is 32.1. The first kappa shape index (κ1) is 13.9. The number of nitrogens with zero attached hydrogens (tertiary/aromatic N) is 3. The van der Waals surface area contributed by atoms with E-state index in [2.05, 4.69) is 15.4 Å². The zero-order valence-corrected chi connectivity index (χ0v) is 11.8. The van der Waals surface area contributed by atoms with E-state index in [4.69, 9.17) is 0 Å². The van der Waals surface area contributed by atoms with E-state index in [-0.39, 0.29) is 0 Å². The molecule has 2 aromatic heterocycles. The summed E-state index contributed by atoms with van der Waals surface area (Å²) in [7, 11) is 1.82. The van der Waals surface area contributed by atoms with Gasteiger partial charge in [0.15, 0.2) is 5.13 Å². The van der Waals surface area contributed by atoms with Crippen LogP contribution < -0.4 is 5.32 Å². The van der Waals surface area contributed by atoms with Crippen molar-refractivity contribution in [2.45, 2.75) is 12.7 Å². The second kappa shape index (κ2) is 5.03. The van der Waals surface area contributed by atoms with Crippen molar-refractivity contribution in [1.29, 1.82) is 0 Å². The van der Waals surface area contributed by atoms with Crippen LogP contribution in [-0.4, -0.2) is 14.8 Å². The van der Waals surface area contributed by atoms with Gasteiger partial charge >= 0.3 is 6.18 Å². The van der Waals surface area contributed by atoms with Crippen LogP contribution in [0, 0.1) is 0 Å². The molecule has 3 rings (SSSR count). The van der Waals surface area contributed by atoms with Crippen molar-refractivity contribution in [3.05, 3.63) is 41.7 Å². The average Bonchev–Trinajstić information content (AvgIpc) is 2.99. The quantitative estimate of drug-likeness (QED) is 0.802. The van der Waals surface area contributed by atoms with Crippen LogP contribution in [0.1, 0.15) is 11.3 Å². The number of rotatable bonds is 3. The fourth-order valence-electron chi connectivity index (χ4n) is 1.92. The highest BCUT2D eigenvalue weighted by molar-refractivity contribution is 7.22. The Labute approximate surface area is 122 Å². The molecule has 1 aromatic carbocycles. The second-order valence-corrected chi connectivity index (χ2v) is 5.53. The van der Waals surface area contributed by atoms with E-state index in [0.717, 1.165) is 22.5 Å². The maximum absolute atomic E-state index is 12.7. The van der Waals surface area contributed by atoms with Crippen molar-refractivity contribution >= 4 is 26.7 Å². The van der Waals surface area contributed by atoms with Crippen LogP contribution in [0.2, 0.25) is 0 Å². The molecule has 0 atom stereocenters. The zero-order chi connectivity index (χ0) is 15.0. The summed E-state index contributed by atoms with van der Waals surface area (Å²) >= 11 is 1.33. The first-order valence-electron chi connectivity index (χ1n) is 6.12. The standard InChI is InChI=1S/C13H11F3N4S/c1-20-9(4-5-18-20)7-17-12-19-10-6-8(13(14,15)16)2-3-11(10)21-12/h2-6H,7H2,1H3,(H,17,19). The fourth-order valence-corrected chi connectivity index (χ4v) is 2.76. The molecule has 8 heteroatoms. The number of aryl methyl sites for hydroxylation is 1. The van der Waals surface area contributed by atoms with Crippen LogP contribution in [0.5, 0.6) is 0 Å². The summed E-state index contributed by atoms with van der Waals surface area (Å²) in [5, 5.41) is 7.73. The Kier molecular flexibility index (Phi) is 3.32. The van der Waals surface area contributed by atoms with Crippen LogP contribution in [-0.2, 0) is 19.8 Å². The van der Waals surface area contributed by atoms with Gasteiger partial charge in [-0.25, -0.2) is 4.98 Å². The lowest BCUT2D eigenvalue weighted by atomic mass is 10.2. The number of anilines is 1. The lowest BCUT2D eigenvalue weighted by Crippen LogP contribution is -2.05. The number of thiazole rings is 1. The van der Waals surface area contributed by atoms with Crippen molar-refractivity contribution < 1.29 is 13.2 Å². The van der Waals surface area contributed by atoms with E-state index < -0.39 is 11.7 Å². The van der Waals surface area contributed by atoms with Gasteiger partial charge in [-0.15, -0.1) is 0 Å². The Morgan fingerprint density at radius 2 is 2.10 bits per heavy atom. The second-order valence-electron chi connectivity index (χ2n) is 4.50. The van der Waals surface area contributed by atoms with Crippen LogP contribution in [0.3, 0.4) is 0 Å². The molecule has 0 aliphatic heterocycles. The van der Waals surface area contributed by atoms with Gasteiger partial charge in [0.2, 0.25) is 0 Å². The van der Waals surface area contributed by atoms with E-state index in [1.165, 1.54) is 17.4 Å². The Balaban J connectivity index is 1.82. The number of halogens is 3. The molecule has 0 unspecified atom stereocenters. The summed E-state index contributed by atoms with van der Waals surface area (Å²) in [4.78, 5) is 4.19. The van der Waals surface area contributed by atoms with Crippen LogP contribution in [0.25, 0.3) is 10.2 Å². The molecule has 1 N–H and O–H groups in total. The summed E-state index contributed by atoms with van der Waals surface area (Å²) < 4.78 is 40.4. The topological polar surface area (TPSA) is 42.7 Å².